The topological polar surface area (TPSA) is 130 Å². The van der Waals surface area contributed by atoms with Crippen LogP contribution in [0.5, 0.6) is 0 Å². The van der Waals surface area contributed by atoms with Gasteiger partial charge in [0.05, 0.1) is 6.04 Å². The molecule has 0 aromatic carbocycles. The number of fused-ring (bicyclic) bond motifs is 3. The zero-order chi connectivity index (χ0) is 25.3. The standard InChI is InChI=1S/C24H33N3O6S2/c1-22(2)13-4-5-23(3,35-15-6-14(9-33-12-29)26(8-15)11-28)24(22,7-13)16-10-34-20-17(25)19(30)27(20)18(16)21(31)32/h11-15,17,20H,4-10,25H2,1-3H3,(H,31,32)/t13?,14-,15-,17+,20+,23?,24?/m0/s1. The molecule has 5 fully saturated rings. The van der Waals surface area contributed by atoms with E-state index >= 15 is 0 Å². The summed E-state index contributed by atoms with van der Waals surface area (Å²) >= 11 is 3.43. The van der Waals surface area contributed by atoms with Gasteiger partial charge >= 0.3 is 5.97 Å². The van der Waals surface area contributed by atoms with Gasteiger partial charge in [-0.05, 0) is 49.5 Å². The third-order valence-corrected chi connectivity index (χ3v) is 12.7. The van der Waals surface area contributed by atoms with Crippen molar-refractivity contribution in [2.75, 3.05) is 18.9 Å². The van der Waals surface area contributed by atoms with Crippen LogP contribution in [0.3, 0.4) is 0 Å². The highest BCUT2D eigenvalue weighted by molar-refractivity contribution is 8.01. The van der Waals surface area contributed by atoms with Gasteiger partial charge in [-0.15, -0.1) is 23.5 Å². The highest BCUT2D eigenvalue weighted by Gasteiger charge is 2.73. The number of carboxylic acid groups (broad SMARTS) is 1. The van der Waals surface area contributed by atoms with Gasteiger partial charge in [0.1, 0.15) is 23.7 Å². The van der Waals surface area contributed by atoms with Crippen LogP contribution in [-0.2, 0) is 23.9 Å². The highest BCUT2D eigenvalue weighted by Crippen LogP contribution is 2.78. The number of β-lactam (4-membered cyclic amide) rings is 1. The number of aliphatic carboxylic acids is 1. The molecule has 2 bridgehead atoms. The first kappa shape index (κ1) is 25.0. The summed E-state index contributed by atoms with van der Waals surface area (Å²) in [6.07, 6.45) is 4.45. The van der Waals surface area contributed by atoms with Crippen LogP contribution < -0.4 is 5.73 Å². The molecular formula is C24H33N3O6S2. The molecule has 0 aromatic rings. The third kappa shape index (κ3) is 3.26. The van der Waals surface area contributed by atoms with E-state index in [9.17, 15) is 24.3 Å². The Morgan fingerprint density at radius 1 is 1.34 bits per heavy atom. The van der Waals surface area contributed by atoms with Crippen LogP contribution in [-0.4, -0.2) is 86.0 Å². The number of carbonyl (C=O) groups is 4. The van der Waals surface area contributed by atoms with Gasteiger partial charge in [-0.2, -0.15) is 0 Å². The number of nitrogens with two attached hydrogens (primary N) is 1. The van der Waals surface area contributed by atoms with E-state index in [0.29, 0.717) is 31.1 Å². The second kappa shape index (κ2) is 8.41. The Labute approximate surface area is 213 Å². The van der Waals surface area contributed by atoms with Crippen LogP contribution in [0, 0.1) is 16.7 Å². The summed E-state index contributed by atoms with van der Waals surface area (Å²) in [5, 5.41) is 10.1. The Kier molecular flexibility index (Phi) is 6.00. The van der Waals surface area contributed by atoms with Crippen LogP contribution in [0.15, 0.2) is 11.3 Å². The van der Waals surface area contributed by atoms with Crippen LogP contribution in [0.4, 0.5) is 0 Å². The molecule has 35 heavy (non-hydrogen) atoms. The fourth-order valence-electron chi connectivity index (χ4n) is 7.76. The van der Waals surface area contributed by atoms with Crippen molar-refractivity contribution in [1.82, 2.24) is 9.80 Å². The number of hydrogen-bond acceptors (Lipinski definition) is 8. The maximum Gasteiger partial charge on any atom is 0.352 e. The van der Waals surface area contributed by atoms with Crippen molar-refractivity contribution in [3.63, 3.8) is 0 Å². The number of hydrogen-bond donors (Lipinski definition) is 2. The Morgan fingerprint density at radius 2 is 2.09 bits per heavy atom. The van der Waals surface area contributed by atoms with Crippen molar-refractivity contribution in [3.8, 4) is 0 Å². The minimum atomic E-state index is -1.06. The third-order valence-electron chi connectivity index (χ3n) is 9.61. The van der Waals surface area contributed by atoms with Gasteiger partial charge in [0.15, 0.2) is 0 Å². The molecule has 0 spiro atoms. The van der Waals surface area contributed by atoms with Gasteiger partial charge in [-0.25, -0.2) is 4.79 Å². The number of carbonyl (C=O) groups excluding carboxylic acids is 3. The minimum Gasteiger partial charge on any atom is -0.477 e. The van der Waals surface area contributed by atoms with E-state index < -0.39 is 12.0 Å². The summed E-state index contributed by atoms with van der Waals surface area (Å²) in [4.78, 5) is 50.8. The first-order valence-corrected chi connectivity index (χ1v) is 14.1. The van der Waals surface area contributed by atoms with Crippen LogP contribution in [0.25, 0.3) is 0 Å². The molecule has 6 aliphatic rings. The molecule has 0 aromatic heterocycles. The molecule has 7 atom stereocenters. The van der Waals surface area contributed by atoms with Crippen molar-refractivity contribution in [2.24, 2.45) is 22.5 Å². The highest BCUT2D eigenvalue weighted by atomic mass is 32.2. The van der Waals surface area contributed by atoms with Gasteiger partial charge in [-0.3, -0.25) is 19.3 Å². The molecule has 9 nitrogen and oxygen atoms in total. The second-order valence-electron chi connectivity index (χ2n) is 11.2. The molecule has 3 saturated carbocycles. The molecule has 3 aliphatic heterocycles. The zero-order valence-corrected chi connectivity index (χ0v) is 21.9. The zero-order valence-electron chi connectivity index (χ0n) is 20.3. The van der Waals surface area contributed by atoms with Gasteiger partial charge in [-0.1, -0.05) is 13.8 Å². The smallest absolute Gasteiger partial charge is 0.352 e. The van der Waals surface area contributed by atoms with Gasteiger partial charge in [0.2, 0.25) is 12.3 Å². The quantitative estimate of drug-likeness (QED) is 0.360. The van der Waals surface area contributed by atoms with Crippen molar-refractivity contribution in [3.05, 3.63) is 11.3 Å². The first-order chi connectivity index (χ1) is 16.5. The number of thioether (sulfide) groups is 2. The molecule has 3 unspecified atom stereocenters. The van der Waals surface area contributed by atoms with Crippen molar-refractivity contribution in [1.29, 1.82) is 0 Å². The van der Waals surface area contributed by atoms with E-state index in [0.717, 1.165) is 31.2 Å². The Morgan fingerprint density at radius 3 is 2.71 bits per heavy atom. The number of nitrogens with zero attached hydrogens (tertiary/aromatic N) is 2. The van der Waals surface area contributed by atoms with E-state index in [1.165, 1.54) is 4.90 Å². The average Bonchev–Trinajstić information content (AvgIpc) is 3.21. The second-order valence-corrected chi connectivity index (χ2v) is 14.1. The van der Waals surface area contributed by atoms with Gasteiger partial charge in [0.25, 0.3) is 6.47 Å². The van der Waals surface area contributed by atoms with E-state index in [1.807, 2.05) is 11.8 Å². The predicted molar refractivity (Wildman–Crippen MR) is 132 cm³/mol. The molecular weight excluding hydrogens is 490 g/mol. The minimum absolute atomic E-state index is 0.130. The lowest BCUT2D eigenvalue weighted by Crippen LogP contribution is -2.73. The largest absolute Gasteiger partial charge is 0.477 e. The summed E-state index contributed by atoms with van der Waals surface area (Å²) in [6, 6.07) is -0.804. The molecule has 192 valence electrons. The maximum atomic E-state index is 12.7. The van der Waals surface area contributed by atoms with Crippen molar-refractivity contribution >= 4 is 48.3 Å². The van der Waals surface area contributed by atoms with Crippen LogP contribution in [0.2, 0.25) is 0 Å². The average molecular weight is 524 g/mol. The predicted octanol–water partition coefficient (Wildman–Crippen LogP) is 1.66. The summed E-state index contributed by atoms with van der Waals surface area (Å²) in [5.41, 5.74) is 6.49. The molecule has 6 rings (SSSR count). The number of likely N-dealkylation sites (tertiary alicyclic amines) is 1. The van der Waals surface area contributed by atoms with Gasteiger partial charge in [0, 0.05) is 27.7 Å². The Bertz CT molecular complexity index is 1000. The lowest BCUT2D eigenvalue weighted by Gasteiger charge is -2.74. The number of ether oxygens (including phenoxy) is 1. The molecule has 0 radical (unpaired) electrons. The van der Waals surface area contributed by atoms with E-state index in [-0.39, 0.29) is 50.5 Å². The monoisotopic (exact) mass is 523 g/mol. The lowest BCUT2D eigenvalue weighted by atomic mass is 9.34. The van der Waals surface area contributed by atoms with E-state index in [2.05, 4.69) is 20.8 Å². The SMILES string of the molecule is CC1(S[C@H]2C[C@@H](COC=O)N(C=O)C2)CCC2CC1(C1=C(C(=O)O)N3C(=O)[C@@H](N)[C@H]3SC1)C2(C)C. The van der Waals surface area contributed by atoms with Crippen LogP contribution >= 0.6 is 23.5 Å². The van der Waals surface area contributed by atoms with E-state index in [1.54, 1.807) is 16.7 Å². The summed E-state index contributed by atoms with van der Waals surface area (Å²) in [6.45, 7) is 7.91. The first-order valence-electron chi connectivity index (χ1n) is 12.1. The Hall–Kier alpha value is -1.72. The maximum absolute atomic E-state index is 12.7. The number of carboxylic acids is 1. The lowest BCUT2D eigenvalue weighted by molar-refractivity contribution is -0.161. The summed E-state index contributed by atoms with van der Waals surface area (Å²) in [5.74, 6) is -0.324. The summed E-state index contributed by atoms with van der Waals surface area (Å²) < 4.78 is 4.69. The fourth-order valence-corrected chi connectivity index (χ4v) is 11.4. The molecule has 3 aliphatic carbocycles. The molecule has 2 amide bonds. The summed E-state index contributed by atoms with van der Waals surface area (Å²) in [7, 11) is 0. The van der Waals surface area contributed by atoms with E-state index in [4.69, 9.17) is 10.5 Å². The fraction of sp³-hybridized carbons (Fsp3) is 0.750. The molecule has 11 heteroatoms. The van der Waals surface area contributed by atoms with Crippen molar-refractivity contribution < 1.29 is 29.0 Å². The molecule has 3 N–H and O–H groups in total. The number of rotatable bonds is 8. The van der Waals surface area contributed by atoms with Crippen molar-refractivity contribution in [2.45, 2.75) is 73.9 Å². The van der Waals surface area contributed by atoms with Gasteiger partial charge < -0.3 is 20.5 Å². The molecule has 2 saturated heterocycles. The number of amides is 2. The molecule has 3 heterocycles. The van der Waals surface area contributed by atoms with Crippen LogP contribution in [0.1, 0.15) is 46.5 Å². The normalized spacial score (nSPS) is 41.6. The Balaban J connectivity index is 1.52.